The molecule has 4 heterocycles. The summed E-state index contributed by atoms with van der Waals surface area (Å²) in [6.07, 6.45) is 0. The molecule has 0 radical (unpaired) electrons. The lowest BCUT2D eigenvalue weighted by atomic mass is 10.1. The molecule has 5 rings (SSSR count). The number of carbonyl (C=O) groups is 1. The predicted molar refractivity (Wildman–Crippen MR) is 135 cm³/mol. The van der Waals surface area contributed by atoms with Crippen molar-refractivity contribution in [3.8, 4) is 11.4 Å². The van der Waals surface area contributed by atoms with Crippen molar-refractivity contribution < 1.29 is 14.1 Å². The van der Waals surface area contributed by atoms with Crippen molar-refractivity contribution in [3.63, 3.8) is 0 Å². The lowest BCUT2D eigenvalue weighted by molar-refractivity contribution is 0.0531. The number of ether oxygens (including phenoxy) is 1. The van der Waals surface area contributed by atoms with Crippen molar-refractivity contribution >= 4 is 33.3 Å². The van der Waals surface area contributed by atoms with Crippen LogP contribution >= 0.6 is 11.3 Å². The molecule has 1 saturated heterocycles. The highest BCUT2D eigenvalue weighted by Gasteiger charge is 2.26. The van der Waals surface area contributed by atoms with Gasteiger partial charge in [0.15, 0.2) is 0 Å². The number of hydrogen-bond acceptors (Lipinski definition) is 10. The molecule has 1 aromatic carbocycles. The molecule has 1 fully saturated rings. The van der Waals surface area contributed by atoms with Gasteiger partial charge in [0.2, 0.25) is 11.7 Å². The molecule has 0 amide bonds. The quantitative estimate of drug-likeness (QED) is 0.367. The molecule has 0 spiro atoms. The lowest BCUT2D eigenvalue weighted by Crippen LogP contribution is -2.46. The zero-order valence-electron chi connectivity index (χ0n) is 20.4. The van der Waals surface area contributed by atoms with E-state index in [9.17, 15) is 4.79 Å². The summed E-state index contributed by atoms with van der Waals surface area (Å²) in [5.74, 6) is 2.51. The van der Waals surface area contributed by atoms with Gasteiger partial charge in [-0.15, -0.1) is 11.3 Å². The predicted octanol–water partition coefficient (Wildman–Crippen LogP) is 4.17. The van der Waals surface area contributed by atoms with E-state index in [-0.39, 0.29) is 5.97 Å². The van der Waals surface area contributed by atoms with Gasteiger partial charge in [0, 0.05) is 31.7 Å². The molecule has 0 aliphatic carbocycles. The van der Waals surface area contributed by atoms with Crippen LogP contribution in [0.1, 0.15) is 39.4 Å². The zero-order valence-corrected chi connectivity index (χ0v) is 21.2. The molecule has 1 aliphatic rings. The first kappa shape index (κ1) is 23.4. The molecule has 182 valence electrons. The number of piperazine rings is 1. The number of aryl methyl sites for hydroxylation is 3. The second-order valence-electron chi connectivity index (χ2n) is 8.69. The third kappa shape index (κ3) is 4.76. The molecule has 1 aliphatic heterocycles. The van der Waals surface area contributed by atoms with Crippen LogP contribution in [0.2, 0.25) is 0 Å². The van der Waals surface area contributed by atoms with Crippen molar-refractivity contribution in [2.45, 2.75) is 34.2 Å². The molecule has 0 atom stereocenters. The topological polar surface area (TPSA) is 97.5 Å². The van der Waals surface area contributed by atoms with Crippen LogP contribution in [-0.2, 0) is 11.3 Å². The molecule has 0 unspecified atom stereocenters. The third-order valence-corrected chi connectivity index (χ3v) is 7.32. The highest BCUT2D eigenvalue weighted by Crippen LogP contribution is 2.36. The molecule has 10 heteroatoms. The van der Waals surface area contributed by atoms with E-state index in [2.05, 4.69) is 31.8 Å². The summed E-state index contributed by atoms with van der Waals surface area (Å²) in [4.78, 5) is 32.4. The van der Waals surface area contributed by atoms with Gasteiger partial charge in [0.1, 0.15) is 21.3 Å². The number of thiophene rings is 1. The Morgan fingerprint density at radius 3 is 2.51 bits per heavy atom. The van der Waals surface area contributed by atoms with Gasteiger partial charge < -0.3 is 14.2 Å². The van der Waals surface area contributed by atoms with Crippen molar-refractivity contribution in [3.05, 3.63) is 52.0 Å². The molecule has 4 aromatic rings. The van der Waals surface area contributed by atoms with Crippen LogP contribution < -0.4 is 4.90 Å². The van der Waals surface area contributed by atoms with Crippen LogP contribution in [0.3, 0.4) is 0 Å². The summed E-state index contributed by atoms with van der Waals surface area (Å²) in [5, 5.41) is 5.09. The van der Waals surface area contributed by atoms with Crippen LogP contribution in [0.4, 0.5) is 5.82 Å². The molecule has 3 aromatic heterocycles. The van der Waals surface area contributed by atoms with E-state index in [4.69, 9.17) is 14.2 Å². The van der Waals surface area contributed by atoms with E-state index >= 15 is 0 Å². The fourth-order valence-electron chi connectivity index (χ4n) is 4.29. The molecule has 0 N–H and O–H groups in total. The summed E-state index contributed by atoms with van der Waals surface area (Å²) < 4.78 is 10.8. The molecular formula is C25H28N6O3S. The number of fused-ring (bicyclic) bond motifs is 1. The van der Waals surface area contributed by atoms with Crippen molar-refractivity contribution in [2.24, 2.45) is 0 Å². The maximum atomic E-state index is 12.4. The number of carbonyl (C=O) groups excluding carboxylic acids is 1. The Morgan fingerprint density at radius 1 is 1.06 bits per heavy atom. The second kappa shape index (κ2) is 9.71. The summed E-state index contributed by atoms with van der Waals surface area (Å²) in [6, 6.07) is 8.10. The van der Waals surface area contributed by atoms with Gasteiger partial charge in [-0.2, -0.15) is 4.98 Å². The Labute approximate surface area is 207 Å². The number of nitrogens with zero attached hydrogens (tertiary/aromatic N) is 6. The third-order valence-electron chi connectivity index (χ3n) is 6.15. The van der Waals surface area contributed by atoms with Crippen molar-refractivity contribution in [1.82, 2.24) is 25.0 Å². The van der Waals surface area contributed by atoms with E-state index in [0.717, 1.165) is 53.3 Å². The first-order chi connectivity index (χ1) is 16.9. The monoisotopic (exact) mass is 492 g/mol. The van der Waals surface area contributed by atoms with Crippen LogP contribution in [0.25, 0.3) is 21.6 Å². The Hall–Kier alpha value is -3.37. The largest absolute Gasteiger partial charge is 0.462 e. The number of hydrogen-bond donors (Lipinski definition) is 0. The fourth-order valence-corrected chi connectivity index (χ4v) is 5.40. The Kier molecular flexibility index (Phi) is 6.48. The summed E-state index contributed by atoms with van der Waals surface area (Å²) in [7, 11) is 0. The van der Waals surface area contributed by atoms with Gasteiger partial charge in [0.25, 0.3) is 0 Å². The Balaban J connectivity index is 1.29. The van der Waals surface area contributed by atoms with E-state index in [0.29, 0.717) is 35.6 Å². The molecule has 35 heavy (non-hydrogen) atoms. The van der Waals surface area contributed by atoms with Gasteiger partial charge in [-0.1, -0.05) is 35.0 Å². The highest BCUT2D eigenvalue weighted by atomic mass is 32.1. The average Bonchev–Trinajstić information content (AvgIpc) is 3.44. The number of esters is 1. The Bertz CT molecular complexity index is 1360. The van der Waals surface area contributed by atoms with Crippen LogP contribution in [0.5, 0.6) is 0 Å². The van der Waals surface area contributed by atoms with E-state index in [1.165, 1.54) is 16.9 Å². The number of anilines is 1. The number of benzene rings is 1. The van der Waals surface area contributed by atoms with Crippen LogP contribution in [0, 0.1) is 20.8 Å². The Morgan fingerprint density at radius 2 is 1.80 bits per heavy atom. The fraction of sp³-hybridized carbons (Fsp3) is 0.400. The van der Waals surface area contributed by atoms with Crippen LogP contribution in [0.15, 0.2) is 28.8 Å². The number of rotatable bonds is 6. The zero-order chi connectivity index (χ0) is 24.5. The summed E-state index contributed by atoms with van der Waals surface area (Å²) in [6.45, 7) is 11.9. The van der Waals surface area contributed by atoms with Crippen molar-refractivity contribution in [1.29, 1.82) is 0 Å². The van der Waals surface area contributed by atoms with E-state index < -0.39 is 0 Å². The lowest BCUT2D eigenvalue weighted by Gasteiger charge is -2.35. The molecular weight excluding hydrogens is 464 g/mol. The number of aromatic nitrogens is 4. The van der Waals surface area contributed by atoms with Crippen molar-refractivity contribution in [2.75, 3.05) is 37.7 Å². The van der Waals surface area contributed by atoms with Gasteiger partial charge in [-0.3, -0.25) is 4.90 Å². The standard InChI is InChI=1S/C25H28N6O3S/c1-5-33-25(32)21-16(3)20-23(26-17(4)27-24(20)35-21)31-12-10-30(11-13-31)14-19-28-22(29-34-19)18-8-6-15(2)7-9-18/h6-9H,5,10-14H2,1-4H3. The minimum absolute atomic E-state index is 0.300. The first-order valence-corrected chi connectivity index (χ1v) is 12.6. The molecule has 0 saturated carbocycles. The minimum atomic E-state index is -0.300. The van der Waals surface area contributed by atoms with Gasteiger partial charge in [-0.25, -0.2) is 14.8 Å². The molecule has 9 nitrogen and oxygen atoms in total. The van der Waals surface area contributed by atoms with E-state index in [1.54, 1.807) is 0 Å². The molecule has 0 bridgehead atoms. The summed E-state index contributed by atoms with van der Waals surface area (Å²) >= 11 is 1.38. The maximum Gasteiger partial charge on any atom is 0.348 e. The van der Waals surface area contributed by atoms with Crippen LogP contribution in [-0.4, -0.2) is 63.8 Å². The normalized spacial score (nSPS) is 14.6. The van der Waals surface area contributed by atoms with Gasteiger partial charge in [-0.05, 0) is 33.3 Å². The first-order valence-electron chi connectivity index (χ1n) is 11.7. The van der Waals surface area contributed by atoms with Gasteiger partial charge >= 0.3 is 5.97 Å². The van der Waals surface area contributed by atoms with Gasteiger partial charge in [0.05, 0.1) is 18.5 Å². The second-order valence-corrected chi connectivity index (χ2v) is 9.69. The summed E-state index contributed by atoms with van der Waals surface area (Å²) in [5.41, 5.74) is 3.03. The smallest absolute Gasteiger partial charge is 0.348 e. The van der Waals surface area contributed by atoms with E-state index in [1.807, 2.05) is 45.0 Å². The maximum absolute atomic E-state index is 12.4. The SMILES string of the molecule is CCOC(=O)c1sc2nc(C)nc(N3CCN(Cc4nc(-c5ccc(C)cc5)no4)CC3)c2c1C. The average molecular weight is 493 g/mol. The minimum Gasteiger partial charge on any atom is -0.462 e. The highest BCUT2D eigenvalue weighted by molar-refractivity contribution is 7.20.